The Morgan fingerprint density at radius 2 is 1.88 bits per heavy atom. The molecule has 0 aliphatic rings. The van der Waals surface area contributed by atoms with Crippen LogP contribution >= 0.6 is 0 Å². The number of carboxylic acids is 1. The Balaban J connectivity index is 4.17. The summed E-state index contributed by atoms with van der Waals surface area (Å²) in [4.78, 5) is 22.2. The van der Waals surface area contributed by atoms with E-state index in [9.17, 15) is 13.8 Å². The number of rotatable bonds is 7. The molecule has 2 atom stereocenters. The van der Waals surface area contributed by atoms with Crippen LogP contribution in [0.15, 0.2) is 0 Å². The van der Waals surface area contributed by atoms with Crippen LogP contribution in [0.4, 0.5) is 0 Å². The molecule has 0 saturated heterocycles. The van der Waals surface area contributed by atoms with E-state index in [1.54, 1.807) is 27.0 Å². The molecule has 0 rings (SSSR count). The van der Waals surface area contributed by atoms with Gasteiger partial charge in [-0.1, -0.05) is 13.8 Å². The summed E-state index contributed by atoms with van der Waals surface area (Å²) in [7, 11) is -0.953. The Labute approximate surface area is 104 Å². The largest absolute Gasteiger partial charge is 0.481 e. The number of hydrogen-bond acceptors (Lipinski definition) is 3. The first kappa shape index (κ1) is 16.1. The molecule has 0 aromatic carbocycles. The van der Waals surface area contributed by atoms with Crippen LogP contribution in [0.2, 0.25) is 0 Å². The minimum absolute atomic E-state index is 0.0471. The zero-order valence-corrected chi connectivity index (χ0v) is 11.6. The highest BCUT2D eigenvalue weighted by molar-refractivity contribution is 7.84. The molecule has 0 bridgehead atoms. The van der Waals surface area contributed by atoms with Gasteiger partial charge < -0.3 is 10.4 Å². The number of hydrogen-bond donors (Lipinski definition) is 2. The number of amides is 1. The summed E-state index contributed by atoms with van der Waals surface area (Å²) >= 11 is 0. The van der Waals surface area contributed by atoms with Crippen molar-refractivity contribution in [3.05, 3.63) is 0 Å². The summed E-state index contributed by atoms with van der Waals surface area (Å²) in [5, 5.41) is 11.4. The number of aliphatic carboxylic acids is 1. The van der Waals surface area contributed by atoms with Crippen molar-refractivity contribution in [1.29, 1.82) is 0 Å². The van der Waals surface area contributed by atoms with Gasteiger partial charge in [0.05, 0.1) is 6.42 Å². The molecule has 6 heteroatoms. The minimum atomic E-state index is -0.953. The first-order valence-corrected chi connectivity index (χ1v) is 7.16. The molecule has 0 saturated carbocycles. The number of nitrogens with one attached hydrogen (secondary N) is 1. The van der Waals surface area contributed by atoms with Gasteiger partial charge in [0.2, 0.25) is 5.91 Å². The second-order valence-corrected chi connectivity index (χ2v) is 6.60. The monoisotopic (exact) mass is 263 g/mol. The minimum Gasteiger partial charge on any atom is -0.481 e. The molecule has 0 fully saturated rings. The highest BCUT2D eigenvalue weighted by atomic mass is 32.2. The maximum absolute atomic E-state index is 11.6. The van der Waals surface area contributed by atoms with Gasteiger partial charge in [0, 0.05) is 35.3 Å². The lowest BCUT2D eigenvalue weighted by molar-refractivity contribution is -0.139. The fourth-order valence-corrected chi connectivity index (χ4v) is 2.41. The maximum Gasteiger partial charge on any atom is 0.303 e. The molecule has 1 amide bonds. The first-order valence-electron chi connectivity index (χ1n) is 5.43. The van der Waals surface area contributed by atoms with Crippen LogP contribution in [-0.2, 0) is 20.4 Å². The van der Waals surface area contributed by atoms with Gasteiger partial charge in [0.1, 0.15) is 0 Å². The van der Waals surface area contributed by atoms with Gasteiger partial charge in [-0.25, -0.2) is 0 Å². The number of carbonyl (C=O) groups is 2. The zero-order chi connectivity index (χ0) is 13.6. The third-order valence-corrected chi connectivity index (χ3v) is 3.13. The smallest absolute Gasteiger partial charge is 0.303 e. The van der Waals surface area contributed by atoms with Crippen LogP contribution in [-0.4, -0.2) is 39.2 Å². The molecule has 2 unspecified atom stereocenters. The first-order chi connectivity index (χ1) is 7.62. The van der Waals surface area contributed by atoms with Gasteiger partial charge in [-0.2, -0.15) is 0 Å². The van der Waals surface area contributed by atoms with E-state index in [-0.39, 0.29) is 24.8 Å². The molecule has 100 valence electrons. The molecule has 0 spiro atoms. The lowest BCUT2D eigenvalue weighted by Crippen LogP contribution is -2.38. The Hall–Kier alpha value is -0.910. The predicted octanol–water partition coefficient (Wildman–Crippen LogP) is 0.761. The number of carboxylic acid groups (broad SMARTS) is 1. The summed E-state index contributed by atoms with van der Waals surface area (Å²) in [6.07, 6.45) is 1.69. The summed E-state index contributed by atoms with van der Waals surface area (Å²) in [5.41, 5.74) is -0.568. The predicted molar refractivity (Wildman–Crippen MR) is 67.2 cm³/mol. The van der Waals surface area contributed by atoms with Crippen LogP contribution in [0.25, 0.3) is 0 Å². The van der Waals surface area contributed by atoms with Crippen molar-refractivity contribution in [3.8, 4) is 0 Å². The van der Waals surface area contributed by atoms with Crippen molar-refractivity contribution >= 4 is 22.7 Å². The summed E-state index contributed by atoms with van der Waals surface area (Å²) < 4.78 is 10.9. The number of carbonyl (C=O) groups excluding carboxylic acids is 1. The molecule has 0 aromatic rings. The van der Waals surface area contributed by atoms with Gasteiger partial charge in [-0.3, -0.25) is 13.8 Å². The highest BCUT2D eigenvalue weighted by Gasteiger charge is 2.25. The molecular weight excluding hydrogens is 242 g/mol. The topological polar surface area (TPSA) is 83.5 Å². The lowest BCUT2D eigenvalue weighted by Gasteiger charge is -2.22. The standard InChI is InChI=1S/C11H21NO4S/c1-8(7-17(4)16)12-9(13)5-11(2,3)6-10(14)15/h8H,5-7H2,1-4H3,(H,12,13)(H,14,15). The van der Waals surface area contributed by atoms with E-state index in [1.807, 2.05) is 0 Å². The second kappa shape index (κ2) is 6.74. The second-order valence-electron chi connectivity index (χ2n) is 5.12. The lowest BCUT2D eigenvalue weighted by atomic mass is 9.85. The van der Waals surface area contributed by atoms with Crippen LogP contribution in [0.1, 0.15) is 33.6 Å². The van der Waals surface area contributed by atoms with Crippen LogP contribution in [0.3, 0.4) is 0 Å². The highest BCUT2D eigenvalue weighted by Crippen LogP contribution is 2.24. The van der Waals surface area contributed by atoms with Crippen molar-refractivity contribution in [2.24, 2.45) is 5.41 Å². The zero-order valence-electron chi connectivity index (χ0n) is 10.8. The van der Waals surface area contributed by atoms with Crippen LogP contribution in [0.5, 0.6) is 0 Å². The Morgan fingerprint density at radius 1 is 1.35 bits per heavy atom. The van der Waals surface area contributed by atoms with E-state index in [1.165, 1.54) is 0 Å². The molecule has 0 aromatic heterocycles. The third kappa shape index (κ3) is 8.85. The molecule has 17 heavy (non-hydrogen) atoms. The molecule has 0 heterocycles. The Bertz CT molecular complexity index is 315. The molecule has 0 aliphatic carbocycles. The molecule has 0 aliphatic heterocycles. The fraction of sp³-hybridized carbons (Fsp3) is 0.818. The van der Waals surface area contributed by atoms with Crippen molar-refractivity contribution in [1.82, 2.24) is 5.32 Å². The van der Waals surface area contributed by atoms with E-state index < -0.39 is 22.2 Å². The van der Waals surface area contributed by atoms with E-state index >= 15 is 0 Å². The van der Waals surface area contributed by atoms with E-state index in [2.05, 4.69) is 5.32 Å². The fourth-order valence-electron chi connectivity index (χ4n) is 1.63. The average Bonchev–Trinajstić information content (AvgIpc) is 1.95. The Morgan fingerprint density at radius 3 is 2.29 bits per heavy atom. The van der Waals surface area contributed by atoms with Gasteiger partial charge >= 0.3 is 5.97 Å². The van der Waals surface area contributed by atoms with Gasteiger partial charge in [-0.15, -0.1) is 0 Å². The summed E-state index contributed by atoms with van der Waals surface area (Å²) in [5.74, 6) is -0.704. The Kier molecular flexibility index (Phi) is 6.37. The van der Waals surface area contributed by atoms with E-state index in [0.29, 0.717) is 5.75 Å². The molecule has 2 N–H and O–H groups in total. The van der Waals surface area contributed by atoms with Crippen molar-refractivity contribution in [2.75, 3.05) is 12.0 Å². The van der Waals surface area contributed by atoms with Crippen LogP contribution < -0.4 is 5.32 Å². The third-order valence-electron chi connectivity index (χ3n) is 2.16. The summed E-state index contributed by atoms with van der Waals surface area (Å²) in [6, 6.07) is -0.158. The van der Waals surface area contributed by atoms with E-state index in [0.717, 1.165) is 0 Å². The SMILES string of the molecule is CC(CS(C)=O)NC(=O)CC(C)(C)CC(=O)O. The maximum atomic E-state index is 11.6. The van der Waals surface area contributed by atoms with Crippen molar-refractivity contribution < 1.29 is 18.9 Å². The normalized spacial score (nSPS) is 15.1. The van der Waals surface area contributed by atoms with Gasteiger partial charge in [-0.05, 0) is 12.3 Å². The van der Waals surface area contributed by atoms with Gasteiger partial charge in [0.15, 0.2) is 0 Å². The van der Waals surface area contributed by atoms with Crippen LogP contribution in [0, 0.1) is 5.41 Å². The van der Waals surface area contributed by atoms with Crippen molar-refractivity contribution in [2.45, 2.75) is 39.7 Å². The quantitative estimate of drug-likeness (QED) is 0.710. The molecule has 5 nitrogen and oxygen atoms in total. The van der Waals surface area contributed by atoms with Crippen molar-refractivity contribution in [3.63, 3.8) is 0 Å². The summed E-state index contributed by atoms with van der Waals surface area (Å²) in [6.45, 7) is 5.26. The van der Waals surface area contributed by atoms with E-state index in [4.69, 9.17) is 5.11 Å². The van der Waals surface area contributed by atoms with Gasteiger partial charge in [0.25, 0.3) is 0 Å². The molecule has 0 radical (unpaired) electrons. The molecular formula is C11H21NO4S. The average molecular weight is 263 g/mol.